The van der Waals surface area contributed by atoms with Crippen molar-refractivity contribution in [3.8, 4) is 17.2 Å². The molecule has 4 rings (SSSR count). The fraction of sp³-hybridized carbons (Fsp3) is 0.304. The Morgan fingerprint density at radius 1 is 1.09 bits per heavy atom. The molecule has 1 aromatic heterocycles. The second-order valence-corrected chi connectivity index (χ2v) is 7.62. The summed E-state index contributed by atoms with van der Waals surface area (Å²) in [4.78, 5) is 13.9. The SMILES string of the molecule is O=c1[nH]ncc(NCCN(CCOc2cccc3c2OCCO3)Cc2ccccc2)c1Cl. The lowest BCUT2D eigenvalue weighted by molar-refractivity contribution is 0.156. The largest absolute Gasteiger partial charge is 0.488 e. The van der Waals surface area contributed by atoms with Crippen LogP contribution in [0.15, 0.2) is 59.5 Å². The Labute approximate surface area is 191 Å². The highest BCUT2D eigenvalue weighted by Crippen LogP contribution is 2.38. The van der Waals surface area contributed by atoms with Gasteiger partial charge in [0.1, 0.15) is 24.8 Å². The number of ether oxygens (including phenoxy) is 3. The number of nitrogens with one attached hydrogen (secondary N) is 2. The highest BCUT2D eigenvalue weighted by Gasteiger charge is 2.17. The Kier molecular flexibility index (Phi) is 7.47. The van der Waals surface area contributed by atoms with E-state index in [0.29, 0.717) is 62.4 Å². The summed E-state index contributed by atoms with van der Waals surface area (Å²) in [5.41, 5.74) is 1.31. The molecule has 3 aromatic rings. The summed E-state index contributed by atoms with van der Waals surface area (Å²) < 4.78 is 17.4. The molecular formula is C23H25ClN4O4. The van der Waals surface area contributed by atoms with E-state index in [0.717, 1.165) is 6.54 Å². The molecule has 0 amide bonds. The van der Waals surface area contributed by atoms with E-state index >= 15 is 0 Å². The van der Waals surface area contributed by atoms with Gasteiger partial charge in [-0.1, -0.05) is 48.0 Å². The normalized spacial score (nSPS) is 12.6. The Hall–Kier alpha value is -3.23. The highest BCUT2D eigenvalue weighted by atomic mass is 35.5. The van der Waals surface area contributed by atoms with Gasteiger partial charge in [0.2, 0.25) is 5.75 Å². The zero-order valence-corrected chi connectivity index (χ0v) is 18.3. The minimum absolute atomic E-state index is 0.106. The molecule has 0 atom stereocenters. The molecule has 0 saturated carbocycles. The van der Waals surface area contributed by atoms with Crippen molar-refractivity contribution in [2.45, 2.75) is 6.54 Å². The number of hydrogen-bond donors (Lipinski definition) is 2. The maximum absolute atomic E-state index is 11.6. The van der Waals surface area contributed by atoms with Crippen molar-refractivity contribution in [2.24, 2.45) is 0 Å². The summed E-state index contributed by atoms with van der Waals surface area (Å²) in [6, 6.07) is 15.9. The van der Waals surface area contributed by atoms with Crippen LogP contribution in [0, 0.1) is 0 Å². The van der Waals surface area contributed by atoms with Crippen LogP contribution in [0.2, 0.25) is 5.02 Å². The summed E-state index contributed by atoms with van der Waals surface area (Å²) in [5.74, 6) is 2.05. The van der Waals surface area contributed by atoms with Gasteiger partial charge < -0.3 is 19.5 Å². The number of aromatic amines is 1. The van der Waals surface area contributed by atoms with Gasteiger partial charge in [-0.05, 0) is 17.7 Å². The van der Waals surface area contributed by atoms with Crippen molar-refractivity contribution in [2.75, 3.05) is 44.8 Å². The number of hydrogen-bond acceptors (Lipinski definition) is 7. The van der Waals surface area contributed by atoms with Crippen molar-refractivity contribution in [3.63, 3.8) is 0 Å². The first kappa shape index (κ1) is 22.0. The van der Waals surface area contributed by atoms with Crippen molar-refractivity contribution >= 4 is 17.3 Å². The Balaban J connectivity index is 1.36. The number of halogens is 1. The van der Waals surface area contributed by atoms with Crippen LogP contribution in [0.4, 0.5) is 5.69 Å². The molecule has 2 N–H and O–H groups in total. The zero-order chi connectivity index (χ0) is 22.2. The van der Waals surface area contributed by atoms with Crippen molar-refractivity contribution in [1.82, 2.24) is 15.1 Å². The van der Waals surface area contributed by atoms with E-state index in [-0.39, 0.29) is 5.02 Å². The molecule has 2 aromatic carbocycles. The molecule has 1 aliphatic heterocycles. The van der Waals surface area contributed by atoms with Gasteiger partial charge >= 0.3 is 0 Å². The molecule has 0 saturated heterocycles. The van der Waals surface area contributed by atoms with Crippen molar-refractivity contribution in [3.05, 3.63) is 75.7 Å². The lowest BCUT2D eigenvalue weighted by Gasteiger charge is -2.24. The van der Waals surface area contributed by atoms with Crippen LogP contribution in [0.1, 0.15) is 5.56 Å². The smallest absolute Gasteiger partial charge is 0.285 e. The number of fused-ring (bicyclic) bond motifs is 1. The molecule has 2 heterocycles. The number of para-hydroxylation sites is 1. The molecule has 0 unspecified atom stereocenters. The summed E-state index contributed by atoms with van der Waals surface area (Å²) in [5, 5.41) is 9.39. The first-order valence-electron chi connectivity index (χ1n) is 10.5. The van der Waals surface area contributed by atoms with Gasteiger partial charge in [-0.25, -0.2) is 5.10 Å². The molecule has 0 fully saturated rings. The van der Waals surface area contributed by atoms with Crippen LogP contribution >= 0.6 is 11.6 Å². The summed E-state index contributed by atoms with van der Waals surface area (Å²) >= 11 is 6.05. The second kappa shape index (κ2) is 10.9. The number of anilines is 1. The molecule has 0 spiro atoms. The Bertz CT molecular complexity index is 1080. The van der Waals surface area contributed by atoms with Crippen LogP contribution in [0.5, 0.6) is 17.2 Å². The minimum atomic E-state index is -0.413. The van der Waals surface area contributed by atoms with Crippen LogP contribution < -0.4 is 25.1 Å². The van der Waals surface area contributed by atoms with Crippen LogP contribution in [-0.4, -0.2) is 54.6 Å². The number of nitrogens with zero attached hydrogens (tertiary/aromatic N) is 2. The molecule has 32 heavy (non-hydrogen) atoms. The third kappa shape index (κ3) is 5.72. The maximum Gasteiger partial charge on any atom is 0.285 e. The van der Waals surface area contributed by atoms with Gasteiger partial charge in [0.15, 0.2) is 11.5 Å². The number of H-pyrrole nitrogens is 1. The van der Waals surface area contributed by atoms with Gasteiger partial charge in [-0.3, -0.25) is 9.69 Å². The average molecular weight is 457 g/mol. The number of benzene rings is 2. The zero-order valence-electron chi connectivity index (χ0n) is 17.6. The quantitative estimate of drug-likeness (QED) is 0.484. The molecule has 0 aliphatic carbocycles. The van der Waals surface area contributed by atoms with Crippen LogP contribution in [0.25, 0.3) is 0 Å². The number of rotatable bonds is 10. The van der Waals surface area contributed by atoms with E-state index in [1.165, 1.54) is 11.8 Å². The van der Waals surface area contributed by atoms with Gasteiger partial charge in [0, 0.05) is 26.2 Å². The second-order valence-electron chi connectivity index (χ2n) is 7.24. The summed E-state index contributed by atoms with van der Waals surface area (Å²) in [6.45, 7) is 4.31. The minimum Gasteiger partial charge on any atom is -0.488 e. The first-order valence-corrected chi connectivity index (χ1v) is 10.8. The molecule has 1 aliphatic rings. The van der Waals surface area contributed by atoms with E-state index in [1.54, 1.807) is 0 Å². The monoisotopic (exact) mass is 456 g/mol. The summed E-state index contributed by atoms with van der Waals surface area (Å²) in [6.07, 6.45) is 1.51. The Morgan fingerprint density at radius 2 is 1.94 bits per heavy atom. The third-order valence-corrected chi connectivity index (χ3v) is 5.36. The number of aromatic nitrogens is 2. The molecule has 0 bridgehead atoms. The fourth-order valence-electron chi connectivity index (χ4n) is 3.41. The molecule has 9 heteroatoms. The van der Waals surface area contributed by atoms with Crippen LogP contribution in [0.3, 0.4) is 0 Å². The van der Waals surface area contributed by atoms with Gasteiger partial charge in [0.25, 0.3) is 5.56 Å². The summed E-state index contributed by atoms with van der Waals surface area (Å²) in [7, 11) is 0. The lowest BCUT2D eigenvalue weighted by atomic mass is 10.2. The van der Waals surface area contributed by atoms with Gasteiger partial charge in [-0.15, -0.1) is 0 Å². The molecule has 168 valence electrons. The Morgan fingerprint density at radius 3 is 2.81 bits per heavy atom. The lowest BCUT2D eigenvalue weighted by Crippen LogP contribution is -2.32. The predicted octanol–water partition coefficient (Wildman–Crippen LogP) is 3.19. The van der Waals surface area contributed by atoms with E-state index < -0.39 is 5.56 Å². The highest BCUT2D eigenvalue weighted by molar-refractivity contribution is 6.32. The van der Waals surface area contributed by atoms with E-state index in [4.69, 9.17) is 25.8 Å². The topological polar surface area (TPSA) is 88.7 Å². The standard InChI is InChI=1S/C23H25ClN4O4/c24-21-18(15-26-27-23(21)29)25-9-10-28(16-17-5-2-1-3-6-17)11-12-30-19-7-4-8-20-22(19)32-14-13-31-20/h1-8,15H,9-14,16H2,(H2,25,27,29). The van der Waals surface area contributed by atoms with Gasteiger partial charge in [0.05, 0.1) is 11.9 Å². The fourth-order valence-corrected chi connectivity index (χ4v) is 3.57. The first-order chi connectivity index (χ1) is 15.7. The van der Waals surface area contributed by atoms with E-state index in [9.17, 15) is 4.79 Å². The van der Waals surface area contributed by atoms with Crippen molar-refractivity contribution in [1.29, 1.82) is 0 Å². The van der Waals surface area contributed by atoms with Crippen LogP contribution in [-0.2, 0) is 6.54 Å². The predicted molar refractivity (Wildman–Crippen MR) is 123 cm³/mol. The molecule has 8 nitrogen and oxygen atoms in total. The maximum atomic E-state index is 11.6. The van der Waals surface area contributed by atoms with Gasteiger partial charge in [-0.2, -0.15) is 5.10 Å². The van der Waals surface area contributed by atoms with Crippen molar-refractivity contribution < 1.29 is 14.2 Å². The third-order valence-electron chi connectivity index (χ3n) is 4.98. The van der Waals surface area contributed by atoms with E-state index in [2.05, 4.69) is 32.5 Å². The van der Waals surface area contributed by atoms with E-state index in [1.807, 2.05) is 36.4 Å². The molecular weight excluding hydrogens is 432 g/mol. The average Bonchev–Trinajstić information content (AvgIpc) is 2.82. The molecule has 0 radical (unpaired) electrons.